The largest absolute Gasteiger partial charge is 0.464 e. The summed E-state index contributed by atoms with van der Waals surface area (Å²) in [6.45, 7) is 1.59. The molecule has 1 heterocycles. The number of carboxylic acid groups (broad SMARTS) is 1. The first-order valence-electron chi connectivity index (χ1n) is 13.2. The first-order chi connectivity index (χ1) is 18.8. The Hall–Kier alpha value is -3.85. The lowest BCUT2D eigenvalue weighted by Crippen LogP contribution is -2.45. The van der Waals surface area contributed by atoms with Crippen molar-refractivity contribution in [2.45, 2.75) is 64.0 Å². The third-order valence-electron chi connectivity index (χ3n) is 6.92. The van der Waals surface area contributed by atoms with Gasteiger partial charge in [-0.25, -0.2) is 14.2 Å². The SMILES string of the molecule is CCOC(=O)c1c(C(NC(=O)CCc2ccccc2)C(=O)NC2CCCCC2)c2ccc(Cl)cc2n1C(=O)O. The van der Waals surface area contributed by atoms with Crippen molar-refractivity contribution in [3.63, 3.8) is 0 Å². The third kappa shape index (κ3) is 6.60. The van der Waals surface area contributed by atoms with Crippen LogP contribution < -0.4 is 10.6 Å². The van der Waals surface area contributed by atoms with Gasteiger partial charge in [0.25, 0.3) is 0 Å². The fourth-order valence-corrected chi connectivity index (χ4v) is 5.28. The number of amides is 2. The van der Waals surface area contributed by atoms with E-state index in [9.17, 15) is 24.3 Å². The van der Waals surface area contributed by atoms with Crippen LogP contribution in [0.5, 0.6) is 0 Å². The Bertz CT molecular complexity index is 1360. The number of rotatable bonds is 9. The Morgan fingerprint density at radius 1 is 1.08 bits per heavy atom. The average molecular weight is 554 g/mol. The molecule has 1 aliphatic carbocycles. The van der Waals surface area contributed by atoms with E-state index in [-0.39, 0.29) is 40.9 Å². The standard InChI is InChI=1S/C29H32ClN3O6/c1-2-39-28(36)26-24(21-15-14-19(30)17-22(21)33(26)29(37)38)25(27(35)31-20-11-7-4-8-12-20)32-23(34)16-13-18-9-5-3-6-10-18/h3,5-6,9-10,14-15,17,20,25H,2,4,7-8,11-13,16H2,1H3,(H,31,35)(H,32,34)(H,37,38). The Morgan fingerprint density at radius 3 is 2.46 bits per heavy atom. The molecule has 39 heavy (non-hydrogen) atoms. The van der Waals surface area contributed by atoms with E-state index in [1.165, 1.54) is 6.07 Å². The summed E-state index contributed by atoms with van der Waals surface area (Å²) in [4.78, 5) is 52.5. The summed E-state index contributed by atoms with van der Waals surface area (Å²) in [5.41, 5.74) is 0.792. The number of fused-ring (bicyclic) bond motifs is 1. The molecule has 0 aliphatic heterocycles. The lowest BCUT2D eigenvalue weighted by molar-refractivity contribution is -0.129. The summed E-state index contributed by atoms with van der Waals surface area (Å²) in [6.07, 6.45) is 3.74. The number of aromatic nitrogens is 1. The van der Waals surface area contributed by atoms with Crippen LogP contribution in [0.1, 0.15) is 73.1 Å². The maximum absolute atomic E-state index is 13.8. The molecular formula is C29H32ClN3O6. The van der Waals surface area contributed by atoms with Crippen LogP contribution in [-0.2, 0) is 20.7 Å². The molecule has 9 nitrogen and oxygen atoms in total. The first-order valence-corrected chi connectivity index (χ1v) is 13.6. The number of nitrogens with one attached hydrogen (secondary N) is 2. The van der Waals surface area contributed by atoms with Crippen molar-refractivity contribution in [1.29, 1.82) is 0 Å². The van der Waals surface area contributed by atoms with Crippen molar-refractivity contribution in [3.8, 4) is 0 Å². The minimum absolute atomic E-state index is 0.0114. The number of hydrogen-bond donors (Lipinski definition) is 3. The van der Waals surface area contributed by atoms with Gasteiger partial charge in [-0.1, -0.05) is 67.3 Å². The van der Waals surface area contributed by atoms with Gasteiger partial charge in [-0.2, -0.15) is 0 Å². The third-order valence-corrected chi connectivity index (χ3v) is 7.16. The van der Waals surface area contributed by atoms with Crippen molar-refractivity contribution in [2.24, 2.45) is 0 Å². The molecule has 1 aromatic heterocycles. The molecule has 2 amide bonds. The zero-order chi connectivity index (χ0) is 27.9. The number of ether oxygens (including phenoxy) is 1. The zero-order valence-electron chi connectivity index (χ0n) is 21.7. The number of nitrogens with zero attached hydrogens (tertiary/aromatic N) is 1. The Balaban J connectivity index is 1.79. The highest BCUT2D eigenvalue weighted by molar-refractivity contribution is 6.31. The van der Waals surface area contributed by atoms with Crippen LogP contribution in [0, 0.1) is 0 Å². The van der Waals surface area contributed by atoms with Crippen LogP contribution in [0.3, 0.4) is 0 Å². The predicted octanol–water partition coefficient (Wildman–Crippen LogP) is 5.24. The summed E-state index contributed by atoms with van der Waals surface area (Å²) in [5, 5.41) is 16.4. The summed E-state index contributed by atoms with van der Waals surface area (Å²) in [5.74, 6) is -1.85. The van der Waals surface area contributed by atoms with Crippen LogP contribution >= 0.6 is 11.6 Å². The second kappa shape index (κ2) is 12.8. The molecule has 4 rings (SSSR count). The second-order valence-corrected chi connectivity index (χ2v) is 10.0. The molecule has 1 saturated carbocycles. The van der Waals surface area contributed by atoms with Gasteiger partial charge in [0.05, 0.1) is 12.1 Å². The molecular weight excluding hydrogens is 522 g/mol. The van der Waals surface area contributed by atoms with Crippen LogP contribution in [0.15, 0.2) is 48.5 Å². The number of halogens is 1. The lowest BCUT2D eigenvalue weighted by atomic mass is 9.94. The van der Waals surface area contributed by atoms with E-state index in [4.69, 9.17) is 16.3 Å². The summed E-state index contributed by atoms with van der Waals surface area (Å²) in [6, 6.07) is 12.5. The molecule has 2 aromatic carbocycles. The van der Waals surface area contributed by atoms with Gasteiger partial charge in [-0.15, -0.1) is 0 Å². The van der Waals surface area contributed by atoms with E-state index in [1.807, 2.05) is 30.3 Å². The van der Waals surface area contributed by atoms with Crippen LogP contribution in [0.4, 0.5) is 4.79 Å². The topological polar surface area (TPSA) is 127 Å². The van der Waals surface area contributed by atoms with Gasteiger partial charge in [0.2, 0.25) is 11.8 Å². The molecule has 1 aliphatic rings. The van der Waals surface area contributed by atoms with Crippen molar-refractivity contribution in [2.75, 3.05) is 6.61 Å². The molecule has 0 radical (unpaired) electrons. The number of hydrogen-bond acceptors (Lipinski definition) is 5. The van der Waals surface area contributed by atoms with E-state index in [2.05, 4.69) is 10.6 Å². The van der Waals surface area contributed by atoms with Crippen molar-refractivity contribution < 1.29 is 29.0 Å². The highest BCUT2D eigenvalue weighted by Gasteiger charge is 2.36. The van der Waals surface area contributed by atoms with Crippen molar-refractivity contribution >= 4 is 46.4 Å². The minimum Gasteiger partial charge on any atom is -0.464 e. The molecule has 206 valence electrons. The summed E-state index contributed by atoms with van der Waals surface area (Å²) >= 11 is 6.18. The Morgan fingerprint density at radius 2 is 1.79 bits per heavy atom. The molecule has 1 atom stereocenters. The number of carbonyl (C=O) groups excluding carboxylic acids is 3. The second-order valence-electron chi connectivity index (χ2n) is 9.59. The summed E-state index contributed by atoms with van der Waals surface area (Å²) < 4.78 is 5.98. The monoisotopic (exact) mass is 553 g/mol. The highest BCUT2D eigenvalue weighted by Crippen LogP contribution is 2.34. The van der Waals surface area contributed by atoms with Gasteiger partial charge < -0.3 is 20.5 Å². The van der Waals surface area contributed by atoms with E-state index < -0.39 is 29.9 Å². The van der Waals surface area contributed by atoms with Gasteiger partial charge in [0.1, 0.15) is 11.7 Å². The lowest BCUT2D eigenvalue weighted by Gasteiger charge is -2.26. The van der Waals surface area contributed by atoms with Gasteiger partial charge in [-0.3, -0.25) is 9.59 Å². The van der Waals surface area contributed by atoms with E-state index in [0.717, 1.165) is 42.2 Å². The van der Waals surface area contributed by atoms with E-state index >= 15 is 0 Å². The number of carbonyl (C=O) groups is 4. The molecule has 3 N–H and O–H groups in total. The Labute approximate surface area is 231 Å². The smallest absolute Gasteiger partial charge is 0.416 e. The van der Waals surface area contributed by atoms with Crippen LogP contribution in [0.25, 0.3) is 10.9 Å². The van der Waals surface area contributed by atoms with Gasteiger partial charge >= 0.3 is 12.1 Å². The highest BCUT2D eigenvalue weighted by atomic mass is 35.5. The van der Waals surface area contributed by atoms with Crippen molar-refractivity contribution in [1.82, 2.24) is 15.2 Å². The molecule has 10 heteroatoms. The number of aryl methyl sites for hydroxylation is 1. The van der Waals surface area contributed by atoms with Gasteiger partial charge in [-0.05, 0) is 43.9 Å². The molecule has 1 unspecified atom stereocenters. The fraction of sp³-hybridized carbons (Fsp3) is 0.379. The molecule has 1 fully saturated rings. The maximum Gasteiger partial charge on any atom is 0.416 e. The van der Waals surface area contributed by atoms with Crippen molar-refractivity contribution in [3.05, 3.63) is 70.4 Å². The van der Waals surface area contributed by atoms with Gasteiger partial charge in [0.15, 0.2) is 0 Å². The normalized spacial score (nSPS) is 14.5. The zero-order valence-corrected chi connectivity index (χ0v) is 22.5. The quantitative estimate of drug-likeness (QED) is 0.311. The van der Waals surface area contributed by atoms with Crippen LogP contribution in [0.2, 0.25) is 5.02 Å². The average Bonchev–Trinajstić information content (AvgIpc) is 3.26. The molecule has 3 aromatic rings. The predicted molar refractivity (Wildman–Crippen MR) is 147 cm³/mol. The van der Waals surface area contributed by atoms with E-state index in [0.29, 0.717) is 11.8 Å². The molecule has 0 saturated heterocycles. The minimum atomic E-state index is -1.45. The molecule has 0 bridgehead atoms. The number of esters is 1. The Kier molecular flexibility index (Phi) is 9.24. The number of benzene rings is 2. The van der Waals surface area contributed by atoms with E-state index in [1.54, 1.807) is 19.1 Å². The fourth-order valence-electron chi connectivity index (χ4n) is 5.11. The molecule has 0 spiro atoms. The van der Waals surface area contributed by atoms with Crippen LogP contribution in [-0.4, -0.2) is 46.2 Å². The van der Waals surface area contributed by atoms with Gasteiger partial charge in [0, 0.05) is 28.4 Å². The first kappa shape index (κ1) is 28.2. The summed E-state index contributed by atoms with van der Waals surface area (Å²) in [7, 11) is 0. The maximum atomic E-state index is 13.8.